The number of nitrogens with zero attached hydrogens (tertiary/aromatic N) is 2. The molecule has 17 heavy (non-hydrogen) atoms. The van der Waals surface area contributed by atoms with Gasteiger partial charge in [-0.05, 0) is 20.5 Å². The lowest BCUT2D eigenvalue weighted by Gasteiger charge is -2.08. The number of halogens is 1. The fourth-order valence-electron chi connectivity index (χ4n) is 1.10. The number of ether oxygens (including phenoxy) is 2. The molecule has 0 radical (unpaired) electrons. The quantitative estimate of drug-likeness (QED) is 0.588. The Morgan fingerprint density at radius 1 is 1.53 bits per heavy atom. The number of carbonyl (C=O) groups is 1. The summed E-state index contributed by atoms with van der Waals surface area (Å²) in [6.45, 7) is 1.48. The molecule has 1 heterocycles. The Kier molecular flexibility index (Phi) is 5.67. The van der Waals surface area contributed by atoms with Crippen molar-refractivity contribution in [3.05, 3.63) is 10.0 Å². The van der Waals surface area contributed by atoms with Gasteiger partial charge in [0.05, 0.1) is 13.7 Å². The minimum atomic E-state index is -0.490. The lowest BCUT2D eigenvalue weighted by atomic mass is 10.4. The third-order valence-corrected chi connectivity index (χ3v) is 3.25. The predicted octanol–water partition coefficient (Wildman–Crippen LogP) is 1.91. The van der Waals surface area contributed by atoms with E-state index in [1.165, 1.54) is 7.11 Å². The first-order valence-corrected chi connectivity index (χ1v) is 6.26. The Morgan fingerprint density at radius 2 is 2.24 bits per heavy atom. The molecule has 0 saturated heterocycles. The van der Waals surface area contributed by atoms with Crippen molar-refractivity contribution >= 4 is 28.9 Å². The number of hydrogen-bond acceptors (Lipinski definition) is 6. The molecule has 0 spiro atoms. The first kappa shape index (κ1) is 14.2. The molecule has 0 saturated carbocycles. The Hall–Kier alpha value is -0.850. The van der Waals surface area contributed by atoms with E-state index in [1.807, 2.05) is 14.1 Å². The maximum Gasteiger partial charge on any atom is 0.351 e. The van der Waals surface area contributed by atoms with Gasteiger partial charge in [-0.15, -0.1) is 0 Å². The summed E-state index contributed by atoms with van der Waals surface area (Å²) in [4.78, 5) is 17.6. The van der Waals surface area contributed by atoms with Crippen molar-refractivity contribution in [2.24, 2.45) is 0 Å². The second kappa shape index (κ2) is 6.78. The molecule has 0 fully saturated rings. The third-order valence-electron chi connectivity index (χ3n) is 1.91. The highest BCUT2D eigenvalue weighted by Crippen LogP contribution is 2.29. The second-order valence-corrected chi connectivity index (χ2v) is 4.92. The van der Waals surface area contributed by atoms with Crippen molar-refractivity contribution in [1.82, 2.24) is 9.88 Å². The monoisotopic (exact) mass is 278 g/mol. The van der Waals surface area contributed by atoms with Crippen LogP contribution in [0, 0.1) is 0 Å². The summed E-state index contributed by atoms with van der Waals surface area (Å²) in [5.74, 6) is -0.490. The molecule has 0 bridgehead atoms. The zero-order valence-corrected chi connectivity index (χ0v) is 11.6. The molecule has 0 aliphatic heterocycles. The molecule has 0 atom stereocenters. The van der Waals surface area contributed by atoms with E-state index in [2.05, 4.69) is 14.6 Å². The number of thiazole rings is 1. The van der Waals surface area contributed by atoms with Crippen molar-refractivity contribution in [1.29, 1.82) is 0 Å². The zero-order chi connectivity index (χ0) is 12.8. The average Bonchev–Trinajstić information content (AvgIpc) is 2.65. The molecule has 1 aromatic heterocycles. The third kappa shape index (κ3) is 4.49. The summed E-state index contributed by atoms with van der Waals surface area (Å²) in [5.41, 5.74) is 0. The van der Waals surface area contributed by atoms with Crippen LogP contribution in [-0.4, -0.2) is 50.2 Å². The molecule has 1 rings (SSSR count). The summed E-state index contributed by atoms with van der Waals surface area (Å²) in [5, 5.41) is 0.526. The van der Waals surface area contributed by atoms with Gasteiger partial charge in [0.1, 0.15) is 0 Å². The van der Waals surface area contributed by atoms with Gasteiger partial charge in [-0.25, -0.2) is 4.79 Å². The number of esters is 1. The average molecular weight is 279 g/mol. The van der Waals surface area contributed by atoms with Gasteiger partial charge in [-0.2, -0.15) is 4.98 Å². The van der Waals surface area contributed by atoms with Crippen LogP contribution in [0.3, 0.4) is 0 Å². The summed E-state index contributed by atoms with van der Waals surface area (Å²) in [6.07, 6.45) is 0.887. The molecular weight excluding hydrogens is 264 g/mol. The minimum Gasteiger partial charge on any atom is -0.470 e. The highest BCUT2D eigenvalue weighted by atomic mass is 35.5. The second-order valence-electron chi connectivity index (χ2n) is 3.60. The van der Waals surface area contributed by atoms with Gasteiger partial charge in [-0.1, -0.05) is 22.9 Å². The summed E-state index contributed by atoms with van der Waals surface area (Å²) in [6, 6.07) is 0. The van der Waals surface area contributed by atoms with Crippen LogP contribution < -0.4 is 4.74 Å². The molecule has 0 aliphatic rings. The molecule has 5 nitrogen and oxygen atoms in total. The topological polar surface area (TPSA) is 51.7 Å². The maximum atomic E-state index is 11.3. The Balaban J connectivity index is 2.47. The van der Waals surface area contributed by atoms with Crippen LogP contribution in [0.2, 0.25) is 5.15 Å². The largest absolute Gasteiger partial charge is 0.470 e. The maximum absolute atomic E-state index is 11.3. The molecular formula is C10H15ClN2O3S. The number of carbonyl (C=O) groups excluding carboxylic acids is 1. The normalized spacial score (nSPS) is 10.6. The smallest absolute Gasteiger partial charge is 0.351 e. The first-order valence-electron chi connectivity index (χ1n) is 5.06. The fourth-order valence-corrected chi connectivity index (χ4v) is 2.17. The number of hydrogen-bond donors (Lipinski definition) is 0. The number of aromatic nitrogens is 1. The van der Waals surface area contributed by atoms with Crippen molar-refractivity contribution in [2.75, 3.05) is 34.4 Å². The molecule has 0 unspecified atom stereocenters. The van der Waals surface area contributed by atoms with Crippen LogP contribution in [0.5, 0.6) is 5.19 Å². The summed E-state index contributed by atoms with van der Waals surface area (Å²) in [7, 11) is 5.29. The minimum absolute atomic E-state index is 0.129. The van der Waals surface area contributed by atoms with E-state index in [9.17, 15) is 4.79 Å². The van der Waals surface area contributed by atoms with Crippen LogP contribution in [0.4, 0.5) is 0 Å². The lowest BCUT2D eigenvalue weighted by molar-refractivity contribution is 0.0606. The van der Waals surface area contributed by atoms with Crippen molar-refractivity contribution in [3.63, 3.8) is 0 Å². The van der Waals surface area contributed by atoms with Gasteiger partial charge in [-0.3, -0.25) is 0 Å². The van der Waals surface area contributed by atoms with Gasteiger partial charge in [0.15, 0.2) is 10.0 Å². The zero-order valence-electron chi connectivity index (χ0n) is 10.0. The lowest BCUT2D eigenvalue weighted by Crippen LogP contribution is -2.15. The van der Waals surface area contributed by atoms with Crippen LogP contribution in [-0.2, 0) is 4.74 Å². The summed E-state index contributed by atoms with van der Waals surface area (Å²) >= 11 is 6.89. The van der Waals surface area contributed by atoms with Crippen LogP contribution in [0.1, 0.15) is 16.1 Å². The van der Waals surface area contributed by atoms with Crippen LogP contribution >= 0.6 is 22.9 Å². The number of rotatable bonds is 6. The molecule has 96 valence electrons. The van der Waals surface area contributed by atoms with Gasteiger partial charge < -0.3 is 14.4 Å². The van der Waals surface area contributed by atoms with Crippen LogP contribution in [0.25, 0.3) is 0 Å². The standard InChI is InChI=1S/C10H15ClN2O3S/c1-13(2)5-4-6-16-10-12-8(11)7(17-10)9(14)15-3/h4-6H2,1-3H3. The van der Waals surface area contributed by atoms with E-state index in [0.29, 0.717) is 11.8 Å². The highest BCUT2D eigenvalue weighted by Gasteiger charge is 2.17. The highest BCUT2D eigenvalue weighted by molar-refractivity contribution is 7.15. The SMILES string of the molecule is COC(=O)c1sc(OCCCN(C)C)nc1Cl. The van der Waals surface area contributed by atoms with Crippen molar-refractivity contribution in [2.45, 2.75) is 6.42 Å². The van der Waals surface area contributed by atoms with Gasteiger partial charge in [0.25, 0.3) is 5.19 Å². The molecule has 0 amide bonds. The van der Waals surface area contributed by atoms with Crippen molar-refractivity contribution in [3.8, 4) is 5.19 Å². The first-order chi connectivity index (χ1) is 8.04. The molecule has 0 N–H and O–H groups in total. The van der Waals surface area contributed by atoms with Gasteiger partial charge in [0, 0.05) is 6.54 Å². The van der Waals surface area contributed by atoms with Gasteiger partial charge in [0.2, 0.25) is 0 Å². The van der Waals surface area contributed by atoms with Crippen molar-refractivity contribution < 1.29 is 14.3 Å². The Morgan fingerprint density at radius 3 is 2.82 bits per heavy atom. The molecule has 7 heteroatoms. The van der Waals surface area contributed by atoms with E-state index >= 15 is 0 Å². The Bertz CT molecular complexity index is 382. The van der Waals surface area contributed by atoms with Gasteiger partial charge >= 0.3 is 5.97 Å². The molecule has 0 aromatic carbocycles. The van der Waals surface area contributed by atoms with E-state index < -0.39 is 5.97 Å². The molecule has 1 aromatic rings. The van der Waals surface area contributed by atoms with E-state index in [1.54, 1.807) is 0 Å². The van der Waals surface area contributed by atoms with E-state index in [0.717, 1.165) is 24.3 Å². The van der Waals surface area contributed by atoms with E-state index in [4.69, 9.17) is 16.3 Å². The molecule has 0 aliphatic carbocycles. The fraction of sp³-hybridized carbons (Fsp3) is 0.600. The predicted molar refractivity (Wildman–Crippen MR) is 67.1 cm³/mol. The number of methoxy groups -OCH3 is 1. The van der Waals surface area contributed by atoms with E-state index in [-0.39, 0.29) is 10.0 Å². The summed E-state index contributed by atoms with van der Waals surface area (Å²) < 4.78 is 9.97. The Labute approximate surface area is 109 Å². The van der Waals surface area contributed by atoms with Crippen LogP contribution in [0.15, 0.2) is 0 Å².